The zero-order valence-electron chi connectivity index (χ0n) is 10.8. The summed E-state index contributed by atoms with van der Waals surface area (Å²) >= 11 is 1.99. The number of hydrogen-bond donors (Lipinski definition) is 1. The molecule has 92 valence electrons. The molecule has 0 amide bonds. The van der Waals surface area contributed by atoms with E-state index in [0.717, 1.165) is 24.4 Å². The Morgan fingerprint density at radius 3 is 2.69 bits per heavy atom. The van der Waals surface area contributed by atoms with Crippen LogP contribution in [-0.2, 0) is 12.8 Å². The minimum Gasteiger partial charge on any atom is -0.370 e. The normalized spacial score (nSPS) is 10.8. The molecular formula is C12H23N3S. The summed E-state index contributed by atoms with van der Waals surface area (Å²) in [5.74, 6) is 3.49. The highest BCUT2D eigenvalue weighted by Gasteiger charge is 2.12. The molecule has 0 saturated heterocycles. The van der Waals surface area contributed by atoms with E-state index < -0.39 is 0 Å². The van der Waals surface area contributed by atoms with Crippen LogP contribution in [0.1, 0.15) is 37.9 Å². The lowest BCUT2D eigenvalue weighted by atomic mass is 10.2. The Labute approximate surface area is 103 Å². The van der Waals surface area contributed by atoms with Crippen molar-refractivity contribution < 1.29 is 0 Å². The second-order valence-electron chi connectivity index (χ2n) is 4.02. The van der Waals surface area contributed by atoms with Gasteiger partial charge in [-0.1, -0.05) is 13.8 Å². The maximum absolute atomic E-state index is 4.48. The molecule has 3 nitrogen and oxygen atoms in total. The molecule has 1 N–H and O–H groups in total. The summed E-state index contributed by atoms with van der Waals surface area (Å²) in [5.41, 5.74) is 2.53. The van der Waals surface area contributed by atoms with Gasteiger partial charge in [0.15, 0.2) is 0 Å². The van der Waals surface area contributed by atoms with Crippen molar-refractivity contribution in [2.45, 2.75) is 39.4 Å². The molecule has 1 heterocycles. The first kappa shape index (κ1) is 13.4. The summed E-state index contributed by atoms with van der Waals surface area (Å²) in [7, 11) is 2.01. The van der Waals surface area contributed by atoms with Crippen molar-refractivity contribution >= 4 is 17.6 Å². The molecule has 0 bridgehead atoms. The lowest BCUT2D eigenvalue weighted by molar-refractivity contribution is 0.756. The zero-order chi connectivity index (χ0) is 12.0. The van der Waals surface area contributed by atoms with Gasteiger partial charge in [0.1, 0.15) is 5.82 Å². The third-order valence-electron chi connectivity index (χ3n) is 2.48. The molecule has 0 unspecified atom stereocenters. The average Bonchev–Trinajstić information content (AvgIpc) is 2.52. The first-order valence-electron chi connectivity index (χ1n) is 6.04. The van der Waals surface area contributed by atoms with Crippen LogP contribution in [-0.4, -0.2) is 22.1 Å². The van der Waals surface area contributed by atoms with Crippen molar-refractivity contribution in [1.29, 1.82) is 0 Å². The van der Waals surface area contributed by atoms with E-state index >= 15 is 0 Å². The molecule has 0 aromatic carbocycles. The maximum Gasteiger partial charge on any atom is 0.128 e. The highest BCUT2D eigenvalue weighted by molar-refractivity contribution is 7.98. The smallest absolute Gasteiger partial charge is 0.128 e. The highest BCUT2D eigenvalue weighted by atomic mass is 32.2. The zero-order valence-corrected chi connectivity index (χ0v) is 11.7. The van der Waals surface area contributed by atoms with Crippen LogP contribution in [0.3, 0.4) is 0 Å². The third-order valence-corrected chi connectivity index (χ3v) is 3.67. The van der Waals surface area contributed by atoms with Crippen molar-refractivity contribution in [2.75, 3.05) is 17.6 Å². The quantitative estimate of drug-likeness (QED) is 0.744. The number of aromatic nitrogens is 2. The number of nitrogens with zero attached hydrogens (tertiary/aromatic N) is 2. The Morgan fingerprint density at radius 2 is 2.06 bits per heavy atom. The topological polar surface area (TPSA) is 29.9 Å². The van der Waals surface area contributed by atoms with Crippen LogP contribution in [0.15, 0.2) is 0 Å². The van der Waals surface area contributed by atoms with Crippen LogP contribution in [0.5, 0.6) is 0 Å². The molecule has 1 aromatic heterocycles. The van der Waals surface area contributed by atoms with Crippen molar-refractivity contribution in [1.82, 2.24) is 9.78 Å². The molecule has 0 spiro atoms. The van der Waals surface area contributed by atoms with E-state index in [1.54, 1.807) is 0 Å². The molecule has 0 atom stereocenters. The van der Waals surface area contributed by atoms with Crippen molar-refractivity contribution in [2.24, 2.45) is 7.05 Å². The molecule has 0 radical (unpaired) electrons. The van der Waals surface area contributed by atoms with E-state index in [1.807, 2.05) is 23.5 Å². The van der Waals surface area contributed by atoms with Crippen molar-refractivity contribution in [3.05, 3.63) is 11.3 Å². The fraction of sp³-hybridized carbons (Fsp3) is 0.750. The maximum atomic E-state index is 4.48. The van der Waals surface area contributed by atoms with Crippen LogP contribution in [0.2, 0.25) is 0 Å². The Morgan fingerprint density at radius 1 is 1.31 bits per heavy atom. The van der Waals surface area contributed by atoms with Crippen LogP contribution < -0.4 is 5.32 Å². The van der Waals surface area contributed by atoms with Crippen LogP contribution in [0, 0.1) is 6.92 Å². The minimum absolute atomic E-state index is 1.02. The molecule has 0 fully saturated rings. The molecule has 0 aliphatic rings. The molecular weight excluding hydrogens is 218 g/mol. The lowest BCUT2D eigenvalue weighted by Gasteiger charge is -2.08. The molecule has 0 saturated carbocycles. The van der Waals surface area contributed by atoms with Gasteiger partial charge in [0, 0.05) is 24.9 Å². The number of hydrogen-bond acceptors (Lipinski definition) is 3. The van der Waals surface area contributed by atoms with Gasteiger partial charge in [0.2, 0.25) is 0 Å². The standard InChI is InChI=1S/C12H23N3S/c1-5-7-13-12-11(9-16-8-6-2)10(3)14-15(12)4/h13H,5-9H2,1-4H3. The summed E-state index contributed by atoms with van der Waals surface area (Å²) in [6, 6.07) is 0. The summed E-state index contributed by atoms with van der Waals surface area (Å²) in [6.07, 6.45) is 2.38. The molecule has 4 heteroatoms. The first-order valence-corrected chi connectivity index (χ1v) is 7.20. The first-order chi connectivity index (χ1) is 7.70. The van der Waals surface area contributed by atoms with Gasteiger partial charge in [-0.15, -0.1) is 0 Å². The third kappa shape index (κ3) is 3.44. The van der Waals surface area contributed by atoms with E-state index in [-0.39, 0.29) is 0 Å². The molecule has 1 rings (SSSR count). The second-order valence-corrected chi connectivity index (χ2v) is 5.12. The number of thioether (sulfide) groups is 1. The number of anilines is 1. The Kier molecular flexibility index (Phi) is 5.74. The van der Waals surface area contributed by atoms with Crippen LogP contribution >= 0.6 is 11.8 Å². The summed E-state index contributed by atoms with van der Waals surface area (Å²) in [5, 5.41) is 7.95. The molecule has 1 aromatic rings. The fourth-order valence-electron chi connectivity index (χ4n) is 1.66. The van der Waals surface area contributed by atoms with Gasteiger partial charge in [0.25, 0.3) is 0 Å². The molecule has 0 aliphatic carbocycles. The van der Waals surface area contributed by atoms with Gasteiger partial charge < -0.3 is 5.32 Å². The highest BCUT2D eigenvalue weighted by Crippen LogP contribution is 2.24. The Bertz CT molecular complexity index is 320. The van der Waals surface area contributed by atoms with Gasteiger partial charge in [-0.3, -0.25) is 4.68 Å². The summed E-state index contributed by atoms with van der Waals surface area (Å²) < 4.78 is 1.97. The van der Waals surface area contributed by atoms with E-state index in [4.69, 9.17) is 0 Å². The molecule has 16 heavy (non-hydrogen) atoms. The predicted octanol–water partition coefficient (Wildman–Crippen LogP) is 3.19. The monoisotopic (exact) mass is 241 g/mol. The number of nitrogens with one attached hydrogen (secondary N) is 1. The van der Waals surface area contributed by atoms with Crippen molar-refractivity contribution in [3.63, 3.8) is 0 Å². The summed E-state index contributed by atoms with van der Waals surface area (Å²) in [6.45, 7) is 7.52. The van der Waals surface area contributed by atoms with Crippen LogP contribution in [0.25, 0.3) is 0 Å². The average molecular weight is 241 g/mol. The largest absolute Gasteiger partial charge is 0.370 e. The van der Waals surface area contributed by atoms with Gasteiger partial charge in [-0.25, -0.2) is 0 Å². The second kappa shape index (κ2) is 6.84. The minimum atomic E-state index is 1.02. The van der Waals surface area contributed by atoms with E-state index in [9.17, 15) is 0 Å². The van der Waals surface area contributed by atoms with Gasteiger partial charge in [-0.2, -0.15) is 16.9 Å². The van der Waals surface area contributed by atoms with Gasteiger partial charge in [-0.05, 0) is 25.5 Å². The number of aryl methyl sites for hydroxylation is 2. The van der Waals surface area contributed by atoms with E-state index in [2.05, 4.69) is 31.2 Å². The van der Waals surface area contributed by atoms with Crippen LogP contribution in [0.4, 0.5) is 5.82 Å². The predicted molar refractivity (Wildman–Crippen MR) is 73.2 cm³/mol. The van der Waals surface area contributed by atoms with Crippen molar-refractivity contribution in [3.8, 4) is 0 Å². The Balaban J connectivity index is 2.71. The van der Waals surface area contributed by atoms with E-state index in [1.165, 1.54) is 23.6 Å². The fourth-order valence-corrected chi connectivity index (χ4v) is 2.64. The number of rotatable bonds is 7. The molecule has 0 aliphatic heterocycles. The lowest BCUT2D eigenvalue weighted by Crippen LogP contribution is -2.06. The Hall–Kier alpha value is -0.640. The summed E-state index contributed by atoms with van der Waals surface area (Å²) in [4.78, 5) is 0. The van der Waals surface area contributed by atoms with E-state index in [0.29, 0.717) is 0 Å². The van der Waals surface area contributed by atoms with Gasteiger partial charge in [0.05, 0.1) is 5.69 Å². The van der Waals surface area contributed by atoms with Gasteiger partial charge >= 0.3 is 0 Å². The SMILES string of the molecule is CCCNc1c(CSCCC)c(C)nn1C.